The lowest BCUT2D eigenvalue weighted by Gasteiger charge is -2.24. The van der Waals surface area contributed by atoms with Gasteiger partial charge in [-0.3, -0.25) is 4.79 Å². The van der Waals surface area contributed by atoms with Crippen molar-refractivity contribution in [2.45, 2.75) is 19.4 Å². The third-order valence-corrected chi connectivity index (χ3v) is 3.20. The van der Waals surface area contributed by atoms with Crippen LogP contribution in [0.3, 0.4) is 0 Å². The maximum atomic E-state index is 13.3. The Bertz CT molecular complexity index is 461. The minimum absolute atomic E-state index is 0.0465. The molecule has 104 valence electrons. The SMILES string of the molecule is CCNc1ncc(F)cc1C(=O)N(C)C1CCOC1. The van der Waals surface area contributed by atoms with Gasteiger partial charge in [-0.2, -0.15) is 0 Å². The molecule has 1 unspecified atom stereocenters. The summed E-state index contributed by atoms with van der Waals surface area (Å²) < 4.78 is 18.6. The molecule has 0 spiro atoms. The lowest BCUT2D eigenvalue weighted by Crippen LogP contribution is -2.37. The summed E-state index contributed by atoms with van der Waals surface area (Å²) in [5, 5.41) is 2.97. The molecule has 1 atom stereocenters. The van der Waals surface area contributed by atoms with Crippen LogP contribution in [0.4, 0.5) is 10.2 Å². The number of halogens is 1. The van der Waals surface area contributed by atoms with Gasteiger partial charge in [0.2, 0.25) is 0 Å². The van der Waals surface area contributed by atoms with Crippen LogP contribution in [0.1, 0.15) is 23.7 Å². The number of carbonyl (C=O) groups is 1. The lowest BCUT2D eigenvalue weighted by atomic mass is 10.1. The van der Waals surface area contributed by atoms with Gasteiger partial charge in [-0.15, -0.1) is 0 Å². The van der Waals surface area contributed by atoms with E-state index in [9.17, 15) is 9.18 Å². The first-order chi connectivity index (χ1) is 9.13. The molecule has 6 heteroatoms. The van der Waals surface area contributed by atoms with Crippen molar-refractivity contribution in [3.05, 3.63) is 23.6 Å². The van der Waals surface area contributed by atoms with Crippen molar-refractivity contribution >= 4 is 11.7 Å². The number of likely N-dealkylation sites (N-methyl/N-ethyl adjacent to an activating group) is 1. The highest BCUT2D eigenvalue weighted by Crippen LogP contribution is 2.19. The molecule has 19 heavy (non-hydrogen) atoms. The van der Waals surface area contributed by atoms with Crippen LogP contribution in [0, 0.1) is 5.82 Å². The van der Waals surface area contributed by atoms with Gasteiger partial charge in [-0.05, 0) is 19.4 Å². The fourth-order valence-electron chi connectivity index (χ4n) is 2.09. The van der Waals surface area contributed by atoms with Crippen LogP contribution >= 0.6 is 0 Å². The van der Waals surface area contributed by atoms with Crippen molar-refractivity contribution in [3.8, 4) is 0 Å². The summed E-state index contributed by atoms with van der Waals surface area (Å²) in [6.07, 6.45) is 1.91. The molecule has 2 rings (SSSR count). The van der Waals surface area contributed by atoms with Gasteiger partial charge in [0.25, 0.3) is 5.91 Å². The molecule has 1 amide bonds. The van der Waals surface area contributed by atoms with E-state index in [1.807, 2.05) is 6.92 Å². The molecular weight excluding hydrogens is 249 g/mol. The number of amides is 1. The minimum atomic E-state index is -0.513. The topological polar surface area (TPSA) is 54.5 Å². The second kappa shape index (κ2) is 5.97. The Kier molecular flexibility index (Phi) is 4.31. The van der Waals surface area contributed by atoms with E-state index in [-0.39, 0.29) is 17.5 Å². The van der Waals surface area contributed by atoms with E-state index in [1.54, 1.807) is 11.9 Å². The smallest absolute Gasteiger partial charge is 0.257 e. The van der Waals surface area contributed by atoms with Crippen LogP contribution in [0.25, 0.3) is 0 Å². The molecule has 1 aliphatic rings. The second-order valence-electron chi connectivity index (χ2n) is 4.51. The van der Waals surface area contributed by atoms with Crippen LogP contribution in [0.15, 0.2) is 12.3 Å². The van der Waals surface area contributed by atoms with Gasteiger partial charge in [-0.25, -0.2) is 9.37 Å². The largest absolute Gasteiger partial charge is 0.379 e. The summed E-state index contributed by atoms with van der Waals surface area (Å²) in [4.78, 5) is 17.9. The Morgan fingerprint density at radius 1 is 1.68 bits per heavy atom. The van der Waals surface area contributed by atoms with Crippen molar-refractivity contribution in [2.24, 2.45) is 0 Å². The highest BCUT2D eigenvalue weighted by Gasteiger charge is 2.26. The summed E-state index contributed by atoms with van der Waals surface area (Å²) in [6.45, 7) is 3.70. The molecule has 1 aromatic heterocycles. The highest BCUT2D eigenvalue weighted by molar-refractivity contribution is 5.98. The van der Waals surface area contributed by atoms with Crippen molar-refractivity contribution < 1.29 is 13.9 Å². The third kappa shape index (κ3) is 3.01. The molecule has 1 N–H and O–H groups in total. The monoisotopic (exact) mass is 267 g/mol. The second-order valence-corrected chi connectivity index (χ2v) is 4.51. The van der Waals surface area contributed by atoms with Gasteiger partial charge in [0.05, 0.1) is 24.4 Å². The van der Waals surface area contributed by atoms with E-state index in [0.29, 0.717) is 25.6 Å². The first-order valence-corrected chi connectivity index (χ1v) is 6.37. The fourth-order valence-corrected chi connectivity index (χ4v) is 2.09. The standard InChI is InChI=1S/C13H18FN3O2/c1-3-15-12-11(6-9(14)7-16-12)13(18)17(2)10-4-5-19-8-10/h6-7,10H,3-5,8H2,1-2H3,(H,15,16). The number of nitrogens with zero attached hydrogens (tertiary/aromatic N) is 2. The number of hydrogen-bond donors (Lipinski definition) is 1. The third-order valence-electron chi connectivity index (χ3n) is 3.20. The van der Waals surface area contributed by atoms with Gasteiger partial charge in [0, 0.05) is 20.2 Å². The molecule has 5 nitrogen and oxygen atoms in total. The van der Waals surface area contributed by atoms with Gasteiger partial charge in [0.1, 0.15) is 11.6 Å². The zero-order valence-electron chi connectivity index (χ0n) is 11.1. The lowest BCUT2D eigenvalue weighted by molar-refractivity contribution is 0.0711. The van der Waals surface area contributed by atoms with Crippen LogP contribution in [0.2, 0.25) is 0 Å². The van der Waals surface area contributed by atoms with Crippen molar-refractivity contribution in [1.82, 2.24) is 9.88 Å². The average Bonchev–Trinajstić information content (AvgIpc) is 2.93. The zero-order chi connectivity index (χ0) is 13.8. The van der Waals surface area contributed by atoms with Crippen LogP contribution in [-0.4, -0.2) is 48.6 Å². The quantitative estimate of drug-likeness (QED) is 0.898. The molecule has 2 heterocycles. The van der Waals surface area contributed by atoms with Crippen molar-refractivity contribution in [2.75, 3.05) is 32.1 Å². The molecule has 1 aromatic rings. The molecule has 0 radical (unpaired) electrons. The van der Waals surface area contributed by atoms with Crippen molar-refractivity contribution in [1.29, 1.82) is 0 Å². The van der Waals surface area contributed by atoms with Gasteiger partial charge in [-0.1, -0.05) is 0 Å². The summed E-state index contributed by atoms with van der Waals surface area (Å²) in [7, 11) is 1.71. The number of rotatable bonds is 4. The molecule has 0 bridgehead atoms. The Hall–Kier alpha value is -1.69. The molecule has 0 aromatic carbocycles. The van der Waals surface area contributed by atoms with Gasteiger partial charge >= 0.3 is 0 Å². The number of carbonyl (C=O) groups excluding carboxylic acids is 1. The Labute approximate surface area is 111 Å². The molecule has 0 aliphatic carbocycles. The van der Waals surface area contributed by atoms with E-state index >= 15 is 0 Å². The highest BCUT2D eigenvalue weighted by atomic mass is 19.1. The Morgan fingerprint density at radius 2 is 2.47 bits per heavy atom. The first-order valence-electron chi connectivity index (χ1n) is 6.37. The maximum absolute atomic E-state index is 13.3. The summed E-state index contributed by atoms with van der Waals surface area (Å²) in [6, 6.07) is 1.27. The maximum Gasteiger partial charge on any atom is 0.257 e. The number of hydrogen-bond acceptors (Lipinski definition) is 4. The van der Waals surface area contributed by atoms with Crippen LogP contribution < -0.4 is 5.32 Å². The van der Waals surface area contributed by atoms with E-state index in [0.717, 1.165) is 12.6 Å². The number of nitrogens with one attached hydrogen (secondary N) is 1. The van der Waals surface area contributed by atoms with E-state index in [2.05, 4.69) is 10.3 Å². The van der Waals surface area contributed by atoms with E-state index in [4.69, 9.17) is 4.74 Å². The number of pyridine rings is 1. The van der Waals surface area contributed by atoms with Crippen LogP contribution in [-0.2, 0) is 4.74 Å². The molecular formula is C13H18FN3O2. The first kappa shape index (κ1) is 13.7. The Morgan fingerprint density at radius 3 is 3.11 bits per heavy atom. The number of aromatic nitrogens is 1. The van der Waals surface area contributed by atoms with E-state index in [1.165, 1.54) is 6.07 Å². The molecule has 1 aliphatic heterocycles. The van der Waals surface area contributed by atoms with Gasteiger partial charge < -0.3 is 15.0 Å². The predicted octanol–water partition coefficient (Wildman–Crippen LogP) is 1.51. The van der Waals surface area contributed by atoms with E-state index < -0.39 is 5.82 Å². The Balaban J connectivity index is 2.23. The predicted molar refractivity (Wildman–Crippen MR) is 69.7 cm³/mol. The molecule has 1 fully saturated rings. The van der Waals surface area contributed by atoms with Crippen LogP contribution in [0.5, 0.6) is 0 Å². The number of anilines is 1. The minimum Gasteiger partial charge on any atom is -0.379 e. The summed E-state index contributed by atoms with van der Waals surface area (Å²) in [5.41, 5.74) is 0.260. The summed E-state index contributed by atoms with van der Waals surface area (Å²) >= 11 is 0. The molecule has 1 saturated heterocycles. The normalized spacial score (nSPS) is 18.4. The molecule has 0 saturated carbocycles. The summed E-state index contributed by atoms with van der Waals surface area (Å²) in [5.74, 6) is -0.334. The zero-order valence-corrected chi connectivity index (χ0v) is 11.1. The van der Waals surface area contributed by atoms with Crippen molar-refractivity contribution in [3.63, 3.8) is 0 Å². The average molecular weight is 267 g/mol. The van der Waals surface area contributed by atoms with Gasteiger partial charge in [0.15, 0.2) is 0 Å². The fraction of sp³-hybridized carbons (Fsp3) is 0.538. The number of ether oxygens (including phenoxy) is 1.